The molecular weight excluding hydrogens is 238 g/mol. The number of nitrogens with one attached hydrogen (secondary N) is 1. The van der Waals surface area contributed by atoms with E-state index in [0.717, 1.165) is 31.4 Å². The van der Waals surface area contributed by atoms with Gasteiger partial charge in [0.2, 0.25) is 5.95 Å². The zero-order valence-corrected chi connectivity index (χ0v) is 12.3. The van der Waals surface area contributed by atoms with Crippen LogP contribution in [0.1, 0.15) is 45.4 Å². The average molecular weight is 265 g/mol. The van der Waals surface area contributed by atoms with E-state index in [9.17, 15) is 0 Å². The summed E-state index contributed by atoms with van der Waals surface area (Å²) in [4.78, 5) is 4.47. The molecule has 1 N–H and O–H groups in total. The Morgan fingerprint density at radius 2 is 2.21 bits per heavy atom. The molecule has 4 heteroatoms. The lowest BCUT2D eigenvalue weighted by molar-refractivity contribution is 0.190. The van der Waals surface area contributed by atoms with Crippen LogP contribution in [0.2, 0.25) is 0 Å². The molecule has 0 saturated heterocycles. The number of aromatic nitrogens is 2. The van der Waals surface area contributed by atoms with Crippen molar-refractivity contribution in [2.24, 2.45) is 5.92 Å². The Morgan fingerprint density at radius 1 is 1.37 bits per heavy atom. The molecule has 0 spiro atoms. The first-order valence-corrected chi connectivity index (χ1v) is 7.58. The first-order chi connectivity index (χ1) is 9.31. The third-order valence-electron chi connectivity index (χ3n) is 4.14. The molecule has 0 aliphatic heterocycles. The molecule has 108 valence electrons. The number of rotatable bonds is 6. The van der Waals surface area contributed by atoms with Gasteiger partial charge in [-0.2, -0.15) is 0 Å². The zero-order valence-electron chi connectivity index (χ0n) is 12.3. The van der Waals surface area contributed by atoms with E-state index in [4.69, 9.17) is 4.74 Å². The highest BCUT2D eigenvalue weighted by Crippen LogP contribution is 2.25. The molecule has 1 saturated carbocycles. The molecule has 1 aromatic heterocycles. The Labute approximate surface area is 116 Å². The van der Waals surface area contributed by atoms with Crippen molar-refractivity contribution in [3.8, 4) is 0 Å². The molecule has 1 aromatic rings. The Kier molecular flexibility index (Phi) is 5.70. The van der Waals surface area contributed by atoms with Gasteiger partial charge in [0.1, 0.15) is 0 Å². The van der Waals surface area contributed by atoms with Gasteiger partial charge in [0.25, 0.3) is 0 Å². The summed E-state index contributed by atoms with van der Waals surface area (Å²) in [6.07, 6.45) is 11.7. The monoisotopic (exact) mass is 265 g/mol. The second-order valence-corrected chi connectivity index (χ2v) is 5.66. The van der Waals surface area contributed by atoms with Crippen LogP contribution in [-0.2, 0) is 11.3 Å². The Morgan fingerprint density at radius 3 is 3.05 bits per heavy atom. The molecule has 2 rings (SSSR count). The zero-order chi connectivity index (χ0) is 13.5. The molecule has 0 amide bonds. The van der Waals surface area contributed by atoms with Crippen molar-refractivity contribution in [3.05, 3.63) is 12.4 Å². The predicted molar refractivity (Wildman–Crippen MR) is 78.4 cm³/mol. The van der Waals surface area contributed by atoms with Gasteiger partial charge in [0, 0.05) is 38.7 Å². The second-order valence-electron chi connectivity index (χ2n) is 5.66. The van der Waals surface area contributed by atoms with Gasteiger partial charge in [0.05, 0.1) is 0 Å². The summed E-state index contributed by atoms with van der Waals surface area (Å²) in [5.41, 5.74) is 0. The number of ether oxygens (including phenoxy) is 1. The maximum absolute atomic E-state index is 5.11. The topological polar surface area (TPSA) is 39.1 Å². The summed E-state index contributed by atoms with van der Waals surface area (Å²) in [5.74, 6) is 1.77. The highest BCUT2D eigenvalue weighted by molar-refractivity contribution is 5.28. The lowest BCUT2D eigenvalue weighted by Gasteiger charge is -2.23. The van der Waals surface area contributed by atoms with Gasteiger partial charge in [-0.1, -0.05) is 26.2 Å². The molecular formula is C15H27N3O. The van der Waals surface area contributed by atoms with Crippen molar-refractivity contribution in [3.63, 3.8) is 0 Å². The van der Waals surface area contributed by atoms with Crippen LogP contribution >= 0.6 is 0 Å². The number of nitrogens with zero attached hydrogens (tertiary/aromatic N) is 2. The number of hydrogen-bond donors (Lipinski definition) is 1. The standard InChI is InChI=1S/C15H27N3O/c1-13-7-4-3-5-8-14(13)17-15-16-9-11-18(15)10-6-12-19-2/h9,11,13-14H,3-8,10,12H2,1-2H3,(H,16,17). The number of aryl methyl sites for hydroxylation is 1. The number of anilines is 1. The summed E-state index contributed by atoms with van der Waals surface area (Å²) in [7, 11) is 1.75. The van der Waals surface area contributed by atoms with Gasteiger partial charge in [0.15, 0.2) is 0 Å². The normalized spacial score (nSPS) is 24.1. The molecule has 4 nitrogen and oxygen atoms in total. The molecule has 1 aliphatic rings. The van der Waals surface area contributed by atoms with Crippen LogP contribution in [0.5, 0.6) is 0 Å². The molecule has 0 radical (unpaired) electrons. The van der Waals surface area contributed by atoms with Gasteiger partial charge < -0.3 is 14.6 Å². The van der Waals surface area contributed by atoms with E-state index in [-0.39, 0.29) is 0 Å². The number of methoxy groups -OCH3 is 1. The summed E-state index contributed by atoms with van der Waals surface area (Å²) >= 11 is 0. The van der Waals surface area contributed by atoms with Gasteiger partial charge in [-0.3, -0.25) is 0 Å². The van der Waals surface area contributed by atoms with Gasteiger partial charge in [-0.05, 0) is 25.2 Å². The van der Waals surface area contributed by atoms with Crippen molar-refractivity contribution in [2.45, 2.75) is 58.0 Å². The largest absolute Gasteiger partial charge is 0.385 e. The molecule has 2 unspecified atom stereocenters. The van der Waals surface area contributed by atoms with Gasteiger partial charge >= 0.3 is 0 Å². The van der Waals surface area contributed by atoms with Gasteiger partial charge in [-0.25, -0.2) is 4.98 Å². The van der Waals surface area contributed by atoms with E-state index in [2.05, 4.69) is 28.0 Å². The quantitative estimate of drug-likeness (QED) is 0.633. The highest BCUT2D eigenvalue weighted by atomic mass is 16.5. The Bertz CT molecular complexity index is 364. The van der Waals surface area contributed by atoms with Crippen LogP contribution in [0.15, 0.2) is 12.4 Å². The minimum atomic E-state index is 0.575. The van der Waals surface area contributed by atoms with Crippen LogP contribution in [0, 0.1) is 5.92 Å². The SMILES string of the molecule is COCCCn1ccnc1NC1CCCCCC1C. The maximum Gasteiger partial charge on any atom is 0.202 e. The fourth-order valence-electron chi connectivity index (χ4n) is 2.88. The van der Waals surface area contributed by atoms with Crippen molar-refractivity contribution >= 4 is 5.95 Å². The molecule has 0 bridgehead atoms. The minimum absolute atomic E-state index is 0.575. The highest BCUT2D eigenvalue weighted by Gasteiger charge is 2.20. The molecule has 19 heavy (non-hydrogen) atoms. The van der Waals surface area contributed by atoms with Crippen molar-refractivity contribution in [2.75, 3.05) is 19.0 Å². The predicted octanol–water partition coefficient (Wildman–Crippen LogP) is 3.30. The van der Waals surface area contributed by atoms with E-state index in [1.807, 2.05) is 6.20 Å². The lowest BCUT2D eigenvalue weighted by atomic mass is 9.97. The fourth-order valence-corrected chi connectivity index (χ4v) is 2.88. The van der Waals surface area contributed by atoms with Crippen LogP contribution in [-0.4, -0.2) is 29.3 Å². The van der Waals surface area contributed by atoms with Crippen molar-refractivity contribution in [1.82, 2.24) is 9.55 Å². The third kappa shape index (κ3) is 4.23. The van der Waals surface area contributed by atoms with Crippen LogP contribution < -0.4 is 5.32 Å². The van der Waals surface area contributed by atoms with Crippen LogP contribution in [0.25, 0.3) is 0 Å². The fraction of sp³-hybridized carbons (Fsp3) is 0.800. The first kappa shape index (κ1) is 14.4. The summed E-state index contributed by atoms with van der Waals surface area (Å²) in [5, 5.41) is 3.66. The van der Waals surface area contributed by atoms with Crippen LogP contribution in [0.4, 0.5) is 5.95 Å². The molecule has 1 heterocycles. The number of hydrogen-bond acceptors (Lipinski definition) is 3. The van der Waals surface area contributed by atoms with Gasteiger partial charge in [-0.15, -0.1) is 0 Å². The number of imidazole rings is 1. The Hall–Kier alpha value is -1.03. The van der Waals surface area contributed by atoms with E-state index >= 15 is 0 Å². The lowest BCUT2D eigenvalue weighted by Crippen LogP contribution is -2.28. The molecule has 0 aromatic carbocycles. The maximum atomic E-state index is 5.11. The van der Waals surface area contributed by atoms with Crippen molar-refractivity contribution < 1.29 is 4.74 Å². The Balaban J connectivity index is 1.92. The molecule has 1 aliphatic carbocycles. The minimum Gasteiger partial charge on any atom is -0.385 e. The molecule has 1 fully saturated rings. The summed E-state index contributed by atoms with van der Waals surface area (Å²) in [6, 6.07) is 0.575. The third-order valence-corrected chi connectivity index (χ3v) is 4.14. The molecule has 2 atom stereocenters. The van der Waals surface area contributed by atoms with E-state index in [1.54, 1.807) is 7.11 Å². The average Bonchev–Trinajstić information content (AvgIpc) is 2.74. The smallest absolute Gasteiger partial charge is 0.202 e. The summed E-state index contributed by atoms with van der Waals surface area (Å²) in [6.45, 7) is 4.13. The van der Waals surface area contributed by atoms with Crippen molar-refractivity contribution in [1.29, 1.82) is 0 Å². The van der Waals surface area contributed by atoms with E-state index in [1.165, 1.54) is 32.1 Å². The second kappa shape index (κ2) is 7.53. The summed E-state index contributed by atoms with van der Waals surface area (Å²) < 4.78 is 7.31. The van der Waals surface area contributed by atoms with Crippen LogP contribution in [0.3, 0.4) is 0 Å². The van der Waals surface area contributed by atoms with E-state index < -0.39 is 0 Å². The van der Waals surface area contributed by atoms with E-state index in [0.29, 0.717) is 6.04 Å². The first-order valence-electron chi connectivity index (χ1n) is 7.58.